The van der Waals surface area contributed by atoms with Crippen molar-refractivity contribution in [1.29, 1.82) is 0 Å². The summed E-state index contributed by atoms with van der Waals surface area (Å²) in [4.78, 5) is 24.2. The van der Waals surface area contributed by atoms with Gasteiger partial charge in [-0.2, -0.15) is 0 Å². The summed E-state index contributed by atoms with van der Waals surface area (Å²) in [7, 11) is 0. The molecule has 5 heteroatoms. The van der Waals surface area contributed by atoms with E-state index in [1.54, 1.807) is 20.8 Å². The number of ketones is 1. The zero-order valence-electron chi connectivity index (χ0n) is 11.9. The van der Waals surface area contributed by atoms with Gasteiger partial charge >= 0.3 is 5.97 Å². The highest BCUT2D eigenvalue weighted by Crippen LogP contribution is 2.18. The van der Waals surface area contributed by atoms with Gasteiger partial charge in [0.05, 0.1) is 0 Å². The zero-order valence-corrected chi connectivity index (χ0v) is 12.7. The lowest BCUT2D eigenvalue weighted by molar-refractivity contribution is -0.162. The number of hydrogen-bond acceptors (Lipinski definition) is 4. The predicted molar refractivity (Wildman–Crippen MR) is 78.3 cm³/mol. The van der Waals surface area contributed by atoms with Gasteiger partial charge in [0, 0.05) is 0 Å². The Hall–Kier alpha value is -1.39. The Morgan fingerprint density at radius 3 is 2.25 bits per heavy atom. The largest absolute Gasteiger partial charge is 0.459 e. The van der Waals surface area contributed by atoms with E-state index >= 15 is 0 Å². The lowest BCUT2D eigenvalue weighted by Crippen LogP contribution is -2.40. The Morgan fingerprint density at radius 1 is 1.25 bits per heavy atom. The maximum absolute atomic E-state index is 12.2. The molecule has 0 saturated heterocycles. The number of carbonyl (C=O) groups excluding carboxylic acids is 2. The fourth-order valence-corrected chi connectivity index (χ4v) is 1.87. The second-order valence-electron chi connectivity index (χ2n) is 5.58. The van der Waals surface area contributed by atoms with Gasteiger partial charge in [-0.05, 0) is 32.8 Å². The maximum Gasteiger partial charge on any atom is 0.317 e. The summed E-state index contributed by atoms with van der Waals surface area (Å²) < 4.78 is 5.27. The average molecular weight is 298 g/mol. The second kappa shape index (κ2) is 6.86. The summed E-state index contributed by atoms with van der Waals surface area (Å²) in [6, 6.07) is 9.22. The Balaban J connectivity index is 2.91. The number of esters is 1. The molecule has 4 nitrogen and oxygen atoms in total. The van der Waals surface area contributed by atoms with Crippen LogP contribution in [0.3, 0.4) is 0 Å². The summed E-state index contributed by atoms with van der Waals surface area (Å²) in [6.45, 7) is 5.24. The van der Waals surface area contributed by atoms with E-state index in [-0.39, 0.29) is 6.42 Å². The van der Waals surface area contributed by atoms with Crippen LogP contribution in [0, 0.1) is 5.92 Å². The number of hydrogen-bond donors (Lipinski definition) is 1. The first kappa shape index (κ1) is 16.7. The third-order valence-electron chi connectivity index (χ3n) is 2.59. The molecule has 0 amide bonds. The Morgan fingerprint density at radius 2 is 1.80 bits per heavy atom. The predicted octanol–water partition coefficient (Wildman–Crippen LogP) is 2.28. The van der Waals surface area contributed by atoms with Gasteiger partial charge in [-0.15, -0.1) is 0 Å². The molecule has 2 N–H and O–H groups in total. The van der Waals surface area contributed by atoms with E-state index in [1.807, 2.05) is 30.3 Å². The van der Waals surface area contributed by atoms with Gasteiger partial charge in [0.2, 0.25) is 0 Å². The van der Waals surface area contributed by atoms with Gasteiger partial charge in [0.1, 0.15) is 17.0 Å². The number of rotatable bonds is 5. The summed E-state index contributed by atoms with van der Waals surface area (Å²) in [5, 5.41) is 0. The molecule has 20 heavy (non-hydrogen) atoms. The fraction of sp³-hybridized carbons (Fsp3) is 0.467. The van der Waals surface area contributed by atoms with Crippen LogP contribution in [0.25, 0.3) is 0 Å². The van der Waals surface area contributed by atoms with Crippen molar-refractivity contribution in [3.63, 3.8) is 0 Å². The molecule has 0 aliphatic carbocycles. The number of nitrogens with two attached hydrogens (primary N) is 1. The highest BCUT2D eigenvalue weighted by Gasteiger charge is 2.33. The minimum atomic E-state index is -1.21. The van der Waals surface area contributed by atoms with E-state index in [0.717, 1.165) is 5.56 Å². The molecule has 1 aromatic rings. The zero-order chi connectivity index (χ0) is 15.3. The van der Waals surface area contributed by atoms with Crippen molar-refractivity contribution in [3.8, 4) is 0 Å². The molecule has 1 aromatic carbocycles. The summed E-state index contributed by atoms with van der Waals surface area (Å²) in [5.41, 5.74) is 4.38. The Labute approximate surface area is 124 Å². The van der Waals surface area contributed by atoms with E-state index in [9.17, 15) is 9.59 Å². The van der Waals surface area contributed by atoms with Crippen LogP contribution >= 0.6 is 11.6 Å². The highest BCUT2D eigenvalue weighted by atomic mass is 35.5. The molecule has 0 aliphatic heterocycles. The number of carbonyl (C=O) groups is 2. The third-order valence-corrected chi connectivity index (χ3v) is 2.80. The SMILES string of the molecule is CC(C)(C)OC(=O)[C@@H](Cc1ccccc1)C(=O)C(N)Cl. The van der Waals surface area contributed by atoms with Crippen LogP contribution in [0.1, 0.15) is 26.3 Å². The van der Waals surface area contributed by atoms with Crippen LogP contribution in [-0.4, -0.2) is 22.9 Å². The molecule has 2 atom stereocenters. The molecule has 0 saturated carbocycles. The molecule has 0 aromatic heterocycles. The molecule has 0 fully saturated rings. The van der Waals surface area contributed by atoms with Crippen molar-refractivity contribution >= 4 is 23.4 Å². The molecule has 110 valence electrons. The van der Waals surface area contributed by atoms with Gasteiger partial charge in [-0.25, -0.2) is 0 Å². The lowest BCUT2D eigenvalue weighted by atomic mass is 9.95. The molecule has 0 heterocycles. The summed E-state index contributed by atoms with van der Waals surface area (Å²) >= 11 is 5.62. The third kappa shape index (κ3) is 5.31. The van der Waals surface area contributed by atoms with Gasteiger partial charge in [0.25, 0.3) is 0 Å². The molecule has 0 radical (unpaired) electrons. The van der Waals surface area contributed by atoms with Crippen LogP contribution in [0.2, 0.25) is 0 Å². The van der Waals surface area contributed by atoms with E-state index < -0.39 is 28.8 Å². The first-order chi connectivity index (χ1) is 9.20. The van der Waals surface area contributed by atoms with E-state index in [4.69, 9.17) is 22.1 Å². The quantitative estimate of drug-likeness (QED) is 0.392. The van der Waals surface area contributed by atoms with Crippen LogP contribution in [-0.2, 0) is 20.7 Å². The van der Waals surface area contributed by atoms with Gasteiger partial charge in [-0.1, -0.05) is 41.9 Å². The van der Waals surface area contributed by atoms with Crippen LogP contribution in [0.4, 0.5) is 0 Å². The highest BCUT2D eigenvalue weighted by molar-refractivity contribution is 6.32. The van der Waals surface area contributed by atoms with E-state index in [0.29, 0.717) is 0 Å². The summed E-state index contributed by atoms with van der Waals surface area (Å²) in [5.74, 6) is -2.10. The van der Waals surface area contributed by atoms with Crippen LogP contribution in [0.15, 0.2) is 30.3 Å². The Bertz CT molecular complexity index is 466. The fourth-order valence-electron chi connectivity index (χ4n) is 1.71. The number of Topliss-reactive ketones (excluding diaryl/α,β-unsaturated/α-hetero) is 1. The number of benzene rings is 1. The first-order valence-electron chi connectivity index (χ1n) is 6.41. The van der Waals surface area contributed by atoms with Crippen LogP contribution < -0.4 is 5.73 Å². The number of ether oxygens (including phenoxy) is 1. The van der Waals surface area contributed by atoms with Gasteiger partial charge in [0.15, 0.2) is 5.78 Å². The molecular formula is C15H20ClNO3. The minimum absolute atomic E-state index is 0.231. The minimum Gasteiger partial charge on any atom is -0.459 e. The van der Waals surface area contributed by atoms with Crippen LogP contribution in [0.5, 0.6) is 0 Å². The second-order valence-corrected chi connectivity index (χ2v) is 6.05. The van der Waals surface area contributed by atoms with E-state index in [2.05, 4.69) is 0 Å². The van der Waals surface area contributed by atoms with Gasteiger partial charge < -0.3 is 10.5 Å². The molecule has 1 unspecified atom stereocenters. The summed E-state index contributed by atoms with van der Waals surface area (Å²) in [6.07, 6.45) is 0.231. The molecule has 1 rings (SSSR count). The van der Waals surface area contributed by atoms with Crippen molar-refractivity contribution in [2.75, 3.05) is 0 Å². The van der Waals surface area contributed by atoms with Gasteiger partial charge in [-0.3, -0.25) is 9.59 Å². The van der Waals surface area contributed by atoms with Crippen molar-refractivity contribution in [3.05, 3.63) is 35.9 Å². The number of halogens is 1. The van der Waals surface area contributed by atoms with Crippen molar-refractivity contribution in [2.45, 2.75) is 38.3 Å². The molecule has 0 spiro atoms. The molecular weight excluding hydrogens is 278 g/mol. The molecule has 0 aliphatic rings. The smallest absolute Gasteiger partial charge is 0.317 e. The Kier molecular flexibility index (Phi) is 5.72. The van der Waals surface area contributed by atoms with Crippen molar-refractivity contribution in [1.82, 2.24) is 0 Å². The first-order valence-corrected chi connectivity index (χ1v) is 6.84. The topological polar surface area (TPSA) is 69.4 Å². The lowest BCUT2D eigenvalue weighted by Gasteiger charge is -2.24. The van der Waals surface area contributed by atoms with Crippen molar-refractivity contribution < 1.29 is 14.3 Å². The average Bonchev–Trinajstić information content (AvgIpc) is 2.34. The molecule has 0 bridgehead atoms. The normalized spacial score (nSPS) is 14.4. The van der Waals surface area contributed by atoms with Crippen molar-refractivity contribution in [2.24, 2.45) is 11.7 Å². The maximum atomic E-state index is 12.2. The van der Waals surface area contributed by atoms with E-state index in [1.165, 1.54) is 0 Å². The number of alkyl halides is 1. The standard InChI is InChI=1S/C15H20ClNO3/c1-15(2,3)20-14(19)11(12(18)13(16)17)9-10-7-5-4-6-8-10/h4-8,11,13H,9,17H2,1-3H3/t11-,13?/m0/s1. The monoisotopic (exact) mass is 297 g/mol.